The molecule has 1 aromatic rings. The van der Waals surface area contributed by atoms with Crippen LogP contribution in [0.5, 0.6) is 5.75 Å². The zero-order valence-corrected chi connectivity index (χ0v) is 8.64. The van der Waals surface area contributed by atoms with Gasteiger partial charge in [-0.05, 0) is 43.5 Å². The molecule has 0 atom stereocenters. The minimum Gasteiger partial charge on any atom is -0.493 e. The number of halogens is 1. The van der Waals surface area contributed by atoms with Gasteiger partial charge in [0.1, 0.15) is 0 Å². The Balaban J connectivity index is 2.90. The van der Waals surface area contributed by atoms with E-state index in [9.17, 15) is 4.39 Å². The molecular weight excluding hydrogens is 181 g/mol. The number of benzene rings is 1. The number of aryl methyl sites for hydroxylation is 2. The molecule has 1 aromatic carbocycles. The highest BCUT2D eigenvalue weighted by molar-refractivity contribution is 5.37. The molecule has 0 saturated heterocycles. The lowest BCUT2D eigenvalue weighted by Crippen LogP contribution is -2.01. The van der Waals surface area contributed by atoms with Gasteiger partial charge in [-0.3, -0.25) is 0 Å². The molecule has 0 aliphatic heterocycles. The number of hydrogen-bond acceptors (Lipinski definition) is 2. The molecule has 0 spiro atoms. The summed E-state index contributed by atoms with van der Waals surface area (Å²) in [5, 5.41) is 0. The third-order valence-electron chi connectivity index (χ3n) is 2.16. The predicted octanol–water partition coefficient (Wildman–Crippen LogP) is 2.03. The number of rotatable bonds is 4. The Kier molecular flexibility index (Phi) is 3.89. The van der Waals surface area contributed by atoms with Crippen LogP contribution in [-0.4, -0.2) is 13.7 Å². The van der Waals surface area contributed by atoms with E-state index in [1.165, 1.54) is 13.2 Å². The standard InChI is InChI=1S/C11H16FNO/c1-8-6-9(4-3-5-13)7-10(12)11(8)14-2/h6-7H,3-5,13H2,1-2H3. The highest BCUT2D eigenvalue weighted by atomic mass is 19.1. The first-order valence-electron chi connectivity index (χ1n) is 4.72. The highest BCUT2D eigenvalue weighted by Gasteiger charge is 2.07. The van der Waals surface area contributed by atoms with Crippen molar-refractivity contribution in [3.63, 3.8) is 0 Å². The van der Waals surface area contributed by atoms with Gasteiger partial charge in [-0.25, -0.2) is 4.39 Å². The smallest absolute Gasteiger partial charge is 0.165 e. The molecule has 1 rings (SSSR count). The van der Waals surface area contributed by atoms with Gasteiger partial charge in [0.2, 0.25) is 0 Å². The first kappa shape index (κ1) is 11.0. The molecule has 0 heterocycles. The first-order chi connectivity index (χ1) is 6.69. The fourth-order valence-electron chi connectivity index (χ4n) is 1.51. The summed E-state index contributed by atoms with van der Waals surface area (Å²) in [5.74, 6) is 0.0426. The van der Waals surface area contributed by atoms with Crippen molar-refractivity contribution >= 4 is 0 Å². The van der Waals surface area contributed by atoms with E-state index in [4.69, 9.17) is 10.5 Å². The largest absolute Gasteiger partial charge is 0.493 e. The van der Waals surface area contributed by atoms with Crippen molar-refractivity contribution in [2.45, 2.75) is 19.8 Å². The van der Waals surface area contributed by atoms with E-state index in [1.807, 2.05) is 13.0 Å². The monoisotopic (exact) mass is 197 g/mol. The second-order valence-electron chi connectivity index (χ2n) is 3.32. The van der Waals surface area contributed by atoms with E-state index in [-0.39, 0.29) is 5.82 Å². The summed E-state index contributed by atoms with van der Waals surface area (Å²) in [5.41, 5.74) is 7.20. The van der Waals surface area contributed by atoms with Crippen LogP contribution in [0.4, 0.5) is 4.39 Å². The molecule has 0 radical (unpaired) electrons. The minimum atomic E-state index is -0.292. The van der Waals surface area contributed by atoms with Crippen molar-refractivity contribution < 1.29 is 9.13 Å². The Hall–Kier alpha value is -1.09. The summed E-state index contributed by atoms with van der Waals surface area (Å²) in [6.45, 7) is 2.47. The third-order valence-corrected chi connectivity index (χ3v) is 2.16. The molecule has 2 nitrogen and oxygen atoms in total. The van der Waals surface area contributed by atoms with Crippen molar-refractivity contribution in [1.29, 1.82) is 0 Å². The SMILES string of the molecule is COc1c(C)cc(CCCN)cc1F. The highest BCUT2D eigenvalue weighted by Crippen LogP contribution is 2.23. The van der Waals surface area contributed by atoms with Crippen LogP contribution in [0.1, 0.15) is 17.5 Å². The van der Waals surface area contributed by atoms with Crippen LogP contribution in [0, 0.1) is 12.7 Å². The Morgan fingerprint density at radius 2 is 2.14 bits per heavy atom. The maximum absolute atomic E-state index is 13.4. The zero-order valence-electron chi connectivity index (χ0n) is 8.64. The molecule has 0 fully saturated rings. The van der Waals surface area contributed by atoms with E-state index >= 15 is 0 Å². The number of ether oxygens (including phenoxy) is 1. The first-order valence-corrected chi connectivity index (χ1v) is 4.72. The summed E-state index contributed by atoms with van der Waals surface area (Å²) in [4.78, 5) is 0. The van der Waals surface area contributed by atoms with Gasteiger partial charge in [0.15, 0.2) is 11.6 Å². The molecule has 2 N–H and O–H groups in total. The van der Waals surface area contributed by atoms with Crippen LogP contribution < -0.4 is 10.5 Å². The lowest BCUT2D eigenvalue weighted by Gasteiger charge is -2.08. The van der Waals surface area contributed by atoms with Crippen LogP contribution in [0.2, 0.25) is 0 Å². The molecule has 0 unspecified atom stereocenters. The van der Waals surface area contributed by atoms with Gasteiger partial charge in [0.25, 0.3) is 0 Å². The maximum Gasteiger partial charge on any atom is 0.165 e. The van der Waals surface area contributed by atoms with Gasteiger partial charge < -0.3 is 10.5 Å². The van der Waals surface area contributed by atoms with Gasteiger partial charge in [0, 0.05) is 0 Å². The van der Waals surface area contributed by atoms with Crippen LogP contribution in [0.25, 0.3) is 0 Å². The maximum atomic E-state index is 13.4. The lowest BCUT2D eigenvalue weighted by atomic mass is 10.1. The summed E-state index contributed by atoms with van der Waals surface area (Å²) in [6, 6.07) is 3.46. The Morgan fingerprint density at radius 1 is 1.43 bits per heavy atom. The number of nitrogens with two attached hydrogens (primary N) is 1. The second-order valence-corrected chi connectivity index (χ2v) is 3.32. The molecule has 0 amide bonds. The lowest BCUT2D eigenvalue weighted by molar-refractivity contribution is 0.383. The fourth-order valence-corrected chi connectivity index (χ4v) is 1.51. The fraction of sp³-hybridized carbons (Fsp3) is 0.455. The van der Waals surface area contributed by atoms with Crippen molar-refractivity contribution in [2.75, 3.05) is 13.7 Å². The molecule has 0 saturated carbocycles. The van der Waals surface area contributed by atoms with E-state index < -0.39 is 0 Å². The molecule has 0 aliphatic carbocycles. The van der Waals surface area contributed by atoms with Crippen LogP contribution >= 0.6 is 0 Å². The van der Waals surface area contributed by atoms with Crippen molar-refractivity contribution in [3.8, 4) is 5.75 Å². The minimum absolute atomic E-state index is 0.292. The average molecular weight is 197 g/mol. The third kappa shape index (κ3) is 2.45. The normalized spacial score (nSPS) is 10.3. The molecule has 14 heavy (non-hydrogen) atoms. The van der Waals surface area contributed by atoms with E-state index in [0.29, 0.717) is 12.3 Å². The molecule has 3 heteroatoms. The predicted molar refractivity (Wildman–Crippen MR) is 55.1 cm³/mol. The van der Waals surface area contributed by atoms with Gasteiger partial charge in [-0.1, -0.05) is 6.07 Å². The number of methoxy groups -OCH3 is 1. The molecule has 78 valence electrons. The van der Waals surface area contributed by atoms with Crippen molar-refractivity contribution in [1.82, 2.24) is 0 Å². The number of hydrogen-bond donors (Lipinski definition) is 1. The van der Waals surface area contributed by atoms with E-state index in [0.717, 1.165) is 24.0 Å². The van der Waals surface area contributed by atoms with Gasteiger partial charge in [-0.2, -0.15) is 0 Å². The molecule has 0 bridgehead atoms. The summed E-state index contributed by atoms with van der Waals surface area (Å²) in [7, 11) is 1.48. The van der Waals surface area contributed by atoms with Crippen molar-refractivity contribution in [3.05, 3.63) is 29.1 Å². The second kappa shape index (κ2) is 4.96. The van der Waals surface area contributed by atoms with Gasteiger partial charge >= 0.3 is 0 Å². The van der Waals surface area contributed by atoms with Crippen LogP contribution in [0.3, 0.4) is 0 Å². The van der Waals surface area contributed by atoms with Crippen LogP contribution in [0.15, 0.2) is 12.1 Å². The average Bonchev–Trinajstić information content (AvgIpc) is 2.14. The quantitative estimate of drug-likeness (QED) is 0.801. The summed E-state index contributed by atoms with van der Waals surface area (Å²) >= 11 is 0. The van der Waals surface area contributed by atoms with Gasteiger partial charge in [0.05, 0.1) is 7.11 Å². The summed E-state index contributed by atoms with van der Waals surface area (Å²) in [6.07, 6.45) is 1.70. The Labute approximate surface area is 83.9 Å². The zero-order chi connectivity index (χ0) is 10.6. The van der Waals surface area contributed by atoms with Crippen molar-refractivity contribution in [2.24, 2.45) is 5.73 Å². The Bertz CT molecular complexity index is 289. The molecule has 0 aromatic heterocycles. The Morgan fingerprint density at radius 3 is 2.64 bits per heavy atom. The molecule has 0 aliphatic rings. The van der Waals surface area contributed by atoms with Crippen LogP contribution in [-0.2, 0) is 6.42 Å². The van der Waals surface area contributed by atoms with E-state index in [2.05, 4.69) is 0 Å². The topological polar surface area (TPSA) is 35.2 Å². The van der Waals surface area contributed by atoms with E-state index in [1.54, 1.807) is 0 Å². The molecular formula is C11H16FNO. The van der Waals surface area contributed by atoms with Gasteiger partial charge in [-0.15, -0.1) is 0 Å². The summed E-state index contributed by atoms with van der Waals surface area (Å²) < 4.78 is 18.3.